The molecule has 2 rings (SSSR count). The van der Waals surface area contributed by atoms with Gasteiger partial charge in [-0.25, -0.2) is 4.98 Å². The molecule has 16 heavy (non-hydrogen) atoms. The molecule has 0 aromatic carbocycles. The van der Waals surface area contributed by atoms with Crippen molar-refractivity contribution >= 4 is 0 Å². The third-order valence-corrected chi connectivity index (χ3v) is 3.04. The second kappa shape index (κ2) is 4.93. The fourth-order valence-electron chi connectivity index (χ4n) is 2.20. The Labute approximate surface area is 96.2 Å². The van der Waals surface area contributed by atoms with Crippen LogP contribution in [0.1, 0.15) is 31.4 Å². The lowest BCUT2D eigenvalue weighted by molar-refractivity contribution is 0.187. The molecule has 1 aliphatic heterocycles. The molecular weight excluding hydrogens is 204 g/mol. The molecule has 1 N–H and O–H groups in total. The Balaban J connectivity index is 2.18. The predicted molar refractivity (Wildman–Crippen MR) is 61.4 cm³/mol. The van der Waals surface area contributed by atoms with Crippen LogP contribution in [0, 0.1) is 0 Å². The van der Waals surface area contributed by atoms with Gasteiger partial charge in [0, 0.05) is 19.5 Å². The lowest BCUT2D eigenvalue weighted by Gasteiger charge is -2.16. The van der Waals surface area contributed by atoms with Gasteiger partial charge in [0.15, 0.2) is 5.82 Å². The van der Waals surface area contributed by atoms with E-state index in [0.29, 0.717) is 12.0 Å². The molecule has 0 saturated carbocycles. The Hall–Kier alpha value is -0.940. The van der Waals surface area contributed by atoms with E-state index in [-0.39, 0.29) is 0 Å². The standard InChI is InChI=1S/C11H20N4O/c1-4-10-13-11(15(3)14-10)8-6-16-7-9(8)12-5-2/h8-9,12H,4-7H2,1-3H3. The van der Waals surface area contributed by atoms with Crippen molar-refractivity contribution in [2.45, 2.75) is 32.2 Å². The summed E-state index contributed by atoms with van der Waals surface area (Å²) in [7, 11) is 1.96. The second-order valence-corrected chi connectivity index (χ2v) is 4.17. The molecule has 0 radical (unpaired) electrons. The van der Waals surface area contributed by atoms with Crippen molar-refractivity contribution in [1.29, 1.82) is 0 Å². The Morgan fingerprint density at radius 2 is 2.25 bits per heavy atom. The number of ether oxygens (including phenoxy) is 1. The molecule has 2 heterocycles. The van der Waals surface area contributed by atoms with Gasteiger partial charge < -0.3 is 10.1 Å². The zero-order valence-corrected chi connectivity index (χ0v) is 10.2. The highest BCUT2D eigenvalue weighted by Gasteiger charge is 2.32. The minimum absolute atomic E-state index is 0.331. The molecule has 90 valence electrons. The van der Waals surface area contributed by atoms with Crippen molar-refractivity contribution in [1.82, 2.24) is 20.1 Å². The van der Waals surface area contributed by atoms with Gasteiger partial charge >= 0.3 is 0 Å². The highest BCUT2D eigenvalue weighted by atomic mass is 16.5. The van der Waals surface area contributed by atoms with Crippen LogP contribution in [0.3, 0.4) is 0 Å². The minimum Gasteiger partial charge on any atom is -0.379 e. The normalized spacial score (nSPS) is 25.2. The van der Waals surface area contributed by atoms with Crippen LogP contribution in [0.4, 0.5) is 0 Å². The van der Waals surface area contributed by atoms with Gasteiger partial charge in [0.2, 0.25) is 0 Å². The van der Waals surface area contributed by atoms with Crippen LogP contribution in [-0.2, 0) is 18.2 Å². The molecule has 2 atom stereocenters. The monoisotopic (exact) mass is 224 g/mol. The summed E-state index contributed by atoms with van der Waals surface area (Å²) in [6, 6.07) is 0.373. The van der Waals surface area contributed by atoms with E-state index < -0.39 is 0 Å². The molecule has 2 unspecified atom stereocenters. The van der Waals surface area contributed by atoms with Crippen molar-refractivity contribution in [3.05, 3.63) is 11.6 Å². The summed E-state index contributed by atoms with van der Waals surface area (Å²) in [6.07, 6.45) is 0.882. The molecule has 0 bridgehead atoms. The molecule has 1 saturated heterocycles. The van der Waals surface area contributed by atoms with E-state index >= 15 is 0 Å². The summed E-state index contributed by atoms with van der Waals surface area (Å²) >= 11 is 0. The SMILES string of the molecule is CCNC1COCC1c1nc(CC)nn1C. The van der Waals surface area contributed by atoms with Crippen molar-refractivity contribution in [3.63, 3.8) is 0 Å². The van der Waals surface area contributed by atoms with E-state index in [1.165, 1.54) is 0 Å². The Bertz CT molecular complexity index is 350. The van der Waals surface area contributed by atoms with Gasteiger partial charge in [0.1, 0.15) is 5.82 Å². The third kappa shape index (κ3) is 2.10. The number of likely N-dealkylation sites (N-methyl/N-ethyl adjacent to an activating group) is 1. The summed E-state index contributed by atoms with van der Waals surface area (Å²) in [6.45, 7) is 6.67. The van der Waals surface area contributed by atoms with Gasteiger partial charge in [0.25, 0.3) is 0 Å². The van der Waals surface area contributed by atoms with Crippen molar-refractivity contribution in [2.75, 3.05) is 19.8 Å². The van der Waals surface area contributed by atoms with Crippen molar-refractivity contribution < 1.29 is 4.74 Å². The molecule has 1 fully saturated rings. The van der Waals surface area contributed by atoms with E-state index in [2.05, 4.69) is 29.2 Å². The largest absolute Gasteiger partial charge is 0.379 e. The van der Waals surface area contributed by atoms with E-state index in [1.807, 2.05) is 11.7 Å². The molecule has 0 spiro atoms. The molecule has 5 heteroatoms. The van der Waals surface area contributed by atoms with E-state index in [9.17, 15) is 0 Å². The average Bonchev–Trinajstić information content (AvgIpc) is 2.85. The van der Waals surface area contributed by atoms with E-state index in [0.717, 1.165) is 37.8 Å². The Kier molecular flexibility index (Phi) is 3.56. The maximum absolute atomic E-state index is 5.53. The number of rotatable bonds is 4. The van der Waals surface area contributed by atoms with Crippen molar-refractivity contribution in [3.8, 4) is 0 Å². The topological polar surface area (TPSA) is 52.0 Å². The zero-order valence-electron chi connectivity index (χ0n) is 10.2. The summed E-state index contributed by atoms with van der Waals surface area (Å²) in [5.41, 5.74) is 0. The van der Waals surface area contributed by atoms with Crippen LogP contribution in [0.2, 0.25) is 0 Å². The third-order valence-electron chi connectivity index (χ3n) is 3.04. The fourth-order valence-corrected chi connectivity index (χ4v) is 2.20. The van der Waals surface area contributed by atoms with E-state index in [4.69, 9.17) is 4.74 Å². The Morgan fingerprint density at radius 1 is 1.44 bits per heavy atom. The molecule has 0 amide bonds. The van der Waals surface area contributed by atoms with Gasteiger partial charge in [-0.05, 0) is 6.54 Å². The number of hydrogen-bond acceptors (Lipinski definition) is 4. The first-order valence-electron chi connectivity index (χ1n) is 5.97. The van der Waals surface area contributed by atoms with Gasteiger partial charge in [-0.3, -0.25) is 4.68 Å². The minimum atomic E-state index is 0.331. The summed E-state index contributed by atoms with van der Waals surface area (Å²) in [5.74, 6) is 2.29. The van der Waals surface area contributed by atoms with Crippen LogP contribution < -0.4 is 5.32 Å². The van der Waals surface area contributed by atoms with Crippen LogP contribution in [0.25, 0.3) is 0 Å². The van der Waals surface area contributed by atoms with Crippen LogP contribution in [0.15, 0.2) is 0 Å². The van der Waals surface area contributed by atoms with Gasteiger partial charge in [-0.15, -0.1) is 0 Å². The Morgan fingerprint density at radius 3 is 2.88 bits per heavy atom. The first-order valence-corrected chi connectivity index (χ1v) is 5.97. The number of aryl methyl sites for hydroxylation is 2. The number of nitrogens with zero attached hydrogens (tertiary/aromatic N) is 3. The van der Waals surface area contributed by atoms with Gasteiger partial charge in [-0.2, -0.15) is 5.10 Å². The summed E-state index contributed by atoms with van der Waals surface area (Å²) < 4.78 is 7.42. The highest BCUT2D eigenvalue weighted by Crippen LogP contribution is 2.24. The lowest BCUT2D eigenvalue weighted by Crippen LogP contribution is -2.35. The molecule has 1 aromatic rings. The second-order valence-electron chi connectivity index (χ2n) is 4.17. The maximum atomic E-state index is 5.53. The number of nitrogens with one attached hydrogen (secondary N) is 1. The van der Waals surface area contributed by atoms with Crippen LogP contribution in [-0.4, -0.2) is 40.6 Å². The van der Waals surface area contributed by atoms with Gasteiger partial charge in [-0.1, -0.05) is 13.8 Å². The summed E-state index contributed by atoms with van der Waals surface area (Å²) in [5, 5.41) is 7.83. The number of hydrogen-bond donors (Lipinski definition) is 1. The zero-order chi connectivity index (χ0) is 11.5. The molecule has 1 aromatic heterocycles. The van der Waals surface area contributed by atoms with Crippen molar-refractivity contribution in [2.24, 2.45) is 7.05 Å². The highest BCUT2D eigenvalue weighted by molar-refractivity contribution is 5.06. The molecule has 1 aliphatic rings. The predicted octanol–water partition coefficient (Wildman–Crippen LogP) is 0.469. The van der Waals surface area contributed by atoms with Crippen LogP contribution >= 0.6 is 0 Å². The van der Waals surface area contributed by atoms with Crippen LogP contribution in [0.5, 0.6) is 0 Å². The lowest BCUT2D eigenvalue weighted by atomic mass is 10.0. The molecule has 5 nitrogen and oxygen atoms in total. The molecular formula is C11H20N4O. The summed E-state index contributed by atoms with van der Waals surface area (Å²) in [4.78, 5) is 4.57. The van der Waals surface area contributed by atoms with Gasteiger partial charge in [0.05, 0.1) is 19.1 Å². The van der Waals surface area contributed by atoms with E-state index in [1.54, 1.807) is 0 Å². The number of aromatic nitrogens is 3. The average molecular weight is 224 g/mol. The fraction of sp³-hybridized carbons (Fsp3) is 0.818. The first-order chi connectivity index (χ1) is 7.76. The molecule has 0 aliphatic carbocycles. The smallest absolute Gasteiger partial charge is 0.150 e. The maximum Gasteiger partial charge on any atom is 0.150 e. The first kappa shape index (κ1) is 11.5. The quantitative estimate of drug-likeness (QED) is 0.807.